The summed E-state index contributed by atoms with van der Waals surface area (Å²) in [5.74, 6) is 0.243. The summed E-state index contributed by atoms with van der Waals surface area (Å²) < 4.78 is 2.15. The zero-order chi connectivity index (χ0) is 22.9. The van der Waals surface area contributed by atoms with Gasteiger partial charge in [0, 0.05) is 23.1 Å². The van der Waals surface area contributed by atoms with Crippen molar-refractivity contribution in [2.75, 3.05) is 19.6 Å². The zero-order valence-corrected chi connectivity index (χ0v) is 20.2. The standard InChI is InChI=1S/C26H28Cl2N4O/c1-17(21-7-6-20(27)15-22(21)28)32-16-30-23-8-5-19(14-25(23)32)18-9-12-31(13-10-18)26(33)24-4-2-3-11-29-24/h5-9,14-17,24,29H,2-4,10-13H2,1H3/t17?,24-/m1/s1. The Morgan fingerprint density at radius 1 is 1.18 bits per heavy atom. The fourth-order valence-corrected chi connectivity index (χ4v) is 5.51. The van der Waals surface area contributed by atoms with Crippen LogP contribution in [0, 0.1) is 0 Å². The molecular weight excluding hydrogens is 455 g/mol. The van der Waals surface area contributed by atoms with Crippen molar-refractivity contribution in [3.63, 3.8) is 0 Å². The van der Waals surface area contributed by atoms with E-state index < -0.39 is 0 Å². The highest BCUT2D eigenvalue weighted by molar-refractivity contribution is 6.35. The fourth-order valence-electron chi connectivity index (χ4n) is 4.94. The first-order valence-corrected chi connectivity index (χ1v) is 12.4. The van der Waals surface area contributed by atoms with E-state index in [4.69, 9.17) is 23.2 Å². The number of nitrogens with zero attached hydrogens (tertiary/aromatic N) is 3. The highest BCUT2D eigenvalue weighted by atomic mass is 35.5. The SMILES string of the molecule is CC(c1ccc(Cl)cc1Cl)n1cnc2ccc(C3=CCN(C(=O)[C@H]4CCCCN4)CC3)cc21. The molecule has 5 rings (SSSR count). The number of benzene rings is 2. The van der Waals surface area contributed by atoms with Crippen LogP contribution in [-0.2, 0) is 4.79 Å². The van der Waals surface area contributed by atoms with Gasteiger partial charge < -0.3 is 14.8 Å². The zero-order valence-electron chi connectivity index (χ0n) is 18.7. The normalized spacial score (nSPS) is 20.0. The molecule has 2 atom stereocenters. The minimum absolute atomic E-state index is 0.0134. The molecular formula is C26H28Cl2N4O. The third-order valence-corrected chi connectivity index (χ3v) is 7.47. The molecule has 0 spiro atoms. The predicted octanol–water partition coefficient (Wildman–Crippen LogP) is 5.71. The van der Waals surface area contributed by atoms with Crippen molar-refractivity contribution in [1.29, 1.82) is 0 Å². The van der Waals surface area contributed by atoms with Crippen LogP contribution in [0.15, 0.2) is 48.8 Å². The Hall–Kier alpha value is -2.34. The summed E-state index contributed by atoms with van der Waals surface area (Å²) in [6.07, 6.45) is 8.17. The lowest BCUT2D eigenvalue weighted by Gasteiger charge is -2.32. The van der Waals surface area contributed by atoms with Crippen LogP contribution in [0.4, 0.5) is 0 Å². The third kappa shape index (κ3) is 4.54. The lowest BCUT2D eigenvalue weighted by Crippen LogP contribution is -2.49. The van der Waals surface area contributed by atoms with Crippen LogP contribution in [-0.4, -0.2) is 46.0 Å². The summed E-state index contributed by atoms with van der Waals surface area (Å²) >= 11 is 12.6. The topological polar surface area (TPSA) is 50.2 Å². The summed E-state index contributed by atoms with van der Waals surface area (Å²) in [6.45, 7) is 4.49. The Morgan fingerprint density at radius 2 is 2.06 bits per heavy atom. The van der Waals surface area contributed by atoms with Gasteiger partial charge in [-0.2, -0.15) is 0 Å². The Kier molecular flexibility index (Phi) is 6.46. The molecule has 1 aromatic heterocycles. The molecule has 2 aromatic carbocycles. The van der Waals surface area contributed by atoms with Gasteiger partial charge >= 0.3 is 0 Å². The maximum atomic E-state index is 12.8. The minimum atomic E-state index is -0.0134. The van der Waals surface area contributed by atoms with Gasteiger partial charge in [-0.25, -0.2) is 4.98 Å². The number of halogens is 2. The van der Waals surface area contributed by atoms with Crippen molar-refractivity contribution in [2.24, 2.45) is 0 Å². The Balaban J connectivity index is 1.37. The molecule has 5 nitrogen and oxygen atoms in total. The van der Waals surface area contributed by atoms with Crippen molar-refractivity contribution in [3.8, 4) is 0 Å². The lowest BCUT2D eigenvalue weighted by atomic mass is 9.97. The van der Waals surface area contributed by atoms with Crippen molar-refractivity contribution < 1.29 is 4.79 Å². The molecule has 0 saturated carbocycles. The van der Waals surface area contributed by atoms with E-state index in [1.165, 1.54) is 11.1 Å². The van der Waals surface area contributed by atoms with Crippen LogP contribution in [0.2, 0.25) is 10.0 Å². The molecule has 3 aromatic rings. The molecule has 1 fully saturated rings. The lowest BCUT2D eigenvalue weighted by molar-refractivity contribution is -0.133. The van der Waals surface area contributed by atoms with Gasteiger partial charge in [0.2, 0.25) is 5.91 Å². The van der Waals surface area contributed by atoms with Crippen molar-refractivity contribution >= 4 is 45.7 Å². The van der Waals surface area contributed by atoms with Gasteiger partial charge in [0.15, 0.2) is 0 Å². The van der Waals surface area contributed by atoms with E-state index >= 15 is 0 Å². The van der Waals surface area contributed by atoms with E-state index in [1.807, 2.05) is 23.4 Å². The van der Waals surface area contributed by atoms with Crippen LogP contribution >= 0.6 is 23.2 Å². The summed E-state index contributed by atoms with van der Waals surface area (Å²) in [5.41, 5.74) is 5.49. The summed E-state index contributed by atoms with van der Waals surface area (Å²) in [4.78, 5) is 19.4. The van der Waals surface area contributed by atoms with Crippen LogP contribution < -0.4 is 5.32 Å². The van der Waals surface area contributed by atoms with E-state index in [1.54, 1.807) is 6.07 Å². The summed E-state index contributed by atoms with van der Waals surface area (Å²) in [5, 5.41) is 4.66. The first kappa shape index (κ1) is 22.5. The average Bonchev–Trinajstić information content (AvgIpc) is 3.27. The van der Waals surface area contributed by atoms with Gasteiger partial charge in [-0.3, -0.25) is 4.79 Å². The van der Waals surface area contributed by atoms with Crippen molar-refractivity contribution in [3.05, 3.63) is 70.0 Å². The number of imidazole rings is 1. The van der Waals surface area contributed by atoms with Crippen molar-refractivity contribution in [2.45, 2.75) is 44.7 Å². The Labute approximate surface area is 204 Å². The molecule has 0 aliphatic carbocycles. The van der Waals surface area contributed by atoms with E-state index in [9.17, 15) is 4.79 Å². The van der Waals surface area contributed by atoms with E-state index in [0.717, 1.165) is 55.4 Å². The van der Waals surface area contributed by atoms with Crippen LogP contribution in [0.5, 0.6) is 0 Å². The first-order valence-electron chi connectivity index (χ1n) is 11.6. The molecule has 1 unspecified atom stereocenters. The Bertz CT molecular complexity index is 1210. The fraction of sp³-hybridized carbons (Fsp3) is 0.385. The number of fused-ring (bicyclic) bond motifs is 1. The maximum Gasteiger partial charge on any atom is 0.239 e. The number of carbonyl (C=O) groups is 1. The number of hydrogen-bond donors (Lipinski definition) is 1. The van der Waals surface area contributed by atoms with E-state index in [2.05, 4.69) is 46.1 Å². The highest BCUT2D eigenvalue weighted by Gasteiger charge is 2.27. The number of aromatic nitrogens is 2. The van der Waals surface area contributed by atoms with Crippen molar-refractivity contribution in [1.82, 2.24) is 19.8 Å². The van der Waals surface area contributed by atoms with Gasteiger partial charge in [-0.15, -0.1) is 0 Å². The largest absolute Gasteiger partial charge is 0.337 e. The second kappa shape index (κ2) is 9.49. The van der Waals surface area contributed by atoms with Gasteiger partial charge in [0.25, 0.3) is 0 Å². The Morgan fingerprint density at radius 3 is 2.79 bits per heavy atom. The third-order valence-electron chi connectivity index (χ3n) is 6.90. The molecule has 33 heavy (non-hydrogen) atoms. The predicted molar refractivity (Wildman–Crippen MR) is 135 cm³/mol. The summed E-state index contributed by atoms with van der Waals surface area (Å²) in [6, 6.07) is 12.0. The number of carbonyl (C=O) groups excluding carboxylic acids is 1. The monoisotopic (exact) mass is 482 g/mol. The van der Waals surface area contributed by atoms with E-state index in [-0.39, 0.29) is 18.0 Å². The minimum Gasteiger partial charge on any atom is -0.337 e. The molecule has 2 aliphatic heterocycles. The van der Waals surface area contributed by atoms with Gasteiger partial charge in [-0.1, -0.05) is 47.8 Å². The molecule has 2 aliphatic rings. The maximum absolute atomic E-state index is 12.8. The number of nitrogens with one attached hydrogen (secondary N) is 1. The van der Waals surface area contributed by atoms with Crippen LogP contribution in [0.25, 0.3) is 16.6 Å². The highest BCUT2D eigenvalue weighted by Crippen LogP contribution is 2.32. The van der Waals surface area contributed by atoms with Crippen LogP contribution in [0.1, 0.15) is 49.8 Å². The van der Waals surface area contributed by atoms with Gasteiger partial charge in [-0.05, 0) is 73.7 Å². The number of rotatable bonds is 4. The second-order valence-corrected chi connectivity index (χ2v) is 9.81. The van der Waals surface area contributed by atoms with E-state index in [0.29, 0.717) is 16.6 Å². The average molecular weight is 483 g/mol. The van der Waals surface area contributed by atoms with Gasteiger partial charge in [0.05, 0.1) is 29.4 Å². The molecule has 0 radical (unpaired) electrons. The molecule has 3 heterocycles. The first-order chi connectivity index (χ1) is 16.0. The molecule has 1 saturated heterocycles. The quantitative estimate of drug-likeness (QED) is 0.517. The molecule has 1 N–H and O–H groups in total. The number of piperidine rings is 1. The summed E-state index contributed by atoms with van der Waals surface area (Å²) in [7, 11) is 0. The van der Waals surface area contributed by atoms with Crippen LogP contribution in [0.3, 0.4) is 0 Å². The molecule has 172 valence electrons. The molecule has 7 heteroatoms. The molecule has 1 amide bonds. The number of hydrogen-bond acceptors (Lipinski definition) is 3. The molecule has 0 bridgehead atoms. The smallest absolute Gasteiger partial charge is 0.239 e. The second-order valence-electron chi connectivity index (χ2n) is 8.96. The number of amides is 1. The van der Waals surface area contributed by atoms with Gasteiger partial charge in [0.1, 0.15) is 0 Å².